The van der Waals surface area contributed by atoms with E-state index in [9.17, 15) is 4.79 Å². The first-order chi connectivity index (χ1) is 6.66. The molecule has 2 N–H and O–H groups in total. The standard InChI is InChI=1S/C8H8ClNO2S2/c9-6-2-1-5(14-6)7-10-4(3-13-7)8(11)12/h1-2,4,7,10H,3H2,(H,11,12)/t4-,7?/m1/s1. The van der Waals surface area contributed by atoms with Gasteiger partial charge in [0.15, 0.2) is 0 Å². The zero-order chi connectivity index (χ0) is 10.1. The molecule has 2 rings (SSSR count). The summed E-state index contributed by atoms with van der Waals surface area (Å²) in [5, 5.41) is 11.9. The minimum absolute atomic E-state index is 0.0774. The molecule has 1 unspecified atom stereocenters. The molecule has 1 aliphatic heterocycles. The molecule has 76 valence electrons. The number of hydrogen-bond acceptors (Lipinski definition) is 4. The molecule has 2 atom stereocenters. The van der Waals surface area contributed by atoms with E-state index in [1.54, 1.807) is 11.8 Å². The third-order valence-corrected chi connectivity index (χ3v) is 4.63. The van der Waals surface area contributed by atoms with Gasteiger partial charge < -0.3 is 5.11 Å². The Balaban J connectivity index is 2.05. The number of rotatable bonds is 2. The molecule has 0 bridgehead atoms. The van der Waals surface area contributed by atoms with Crippen LogP contribution in [0.1, 0.15) is 10.3 Å². The smallest absolute Gasteiger partial charge is 0.321 e. The third-order valence-electron chi connectivity index (χ3n) is 1.93. The van der Waals surface area contributed by atoms with Crippen molar-refractivity contribution in [2.24, 2.45) is 0 Å². The zero-order valence-corrected chi connectivity index (χ0v) is 9.46. The summed E-state index contributed by atoms with van der Waals surface area (Å²) in [5.74, 6) is -0.183. The second-order valence-corrected chi connectivity index (χ2v) is 5.80. The van der Waals surface area contributed by atoms with Crippen molar-refractivity contribution in [2.45, 2.75) is 11.4 Å². The van der Waals surface area contributed by atoms with Crippen LogP contribution in [0.4, 0.5) is 0 Å². The van der Waals surface area contributed by atoms with Crippen LogP contribution in [-0.2, 0) is 4.79 Å². The van der Waals surface area contributed by atoms with E-state index in [0.29, 0.717) is 5.75 Å². The maximum absolute atomic E-state index is 10.7. The van der Waals surface area contributed by atoms with Crippen LogP contribution in [0.3, 0.4) is 0 Å². The second kappa shape index (κ2) is 4.10. The van der Waals surface area contributed by atoms with Gasteiger partial charge in [-0.1, -0.05) is 11.6 Å². The van der Waals surface area contributed by atoms with Gasteiger partial charge in [0, 0.05) is 10.6 Å². The molecule has 1 fully saturated rings. The molecule has 0 aliphatic carbocycles. The van der Waals surface area contributed by atoms with Crippen LogP contribution in [-0.4, -0.2) is 22.9 Å². The SMILES string of the molecule is O=C(O)[C@H]1CSC(c2ccc(Cl)s2)N1. The molecule has 0 spiro atoms. The first-order valence-electron chi connectivity index (χ1n) is 4.02. The molecule has 1 aliphatic rings. The van der Waals surface area contributed by atoms with Gasteiger partial charge in [-0.05, 0) is 12.1 Å². The summed E-state index contributed by atoms with van der Waals surface area (Å²) in [6, 6.07) is 3.32. The van der Waals surface area contributed by atoms with Crippen molar-refractivity contribution < 1.29 is 9.90 Å². The van der Waals surface area contributed by atoms with Crippen molar-refractivity contribution in [3.05, 3.63) is 21.3 Å². The summed E-state index contributed by atoms with van der Waals surface area (Å²) < 4.78 is 0.737. The number of thiophene rings is 1. The van der Waals surface area contributed by atoms with Crippen molar-refractivity contribution in [1.29, 1.82) is 0 Å². The molecule has 0 saturated carbocycles. The summed E-state index contributed by atoms with van der Waals surface area (Å²) in [4.78, 5) is 11.8. The van der Waals surface area contributed by atoms with Gasteiger partial charge in [0.05, 0.1) is 9.71 Å². The monoisotopic (exact) mass is 249 g/mol. The number of thioether (sulfide) groups is 1. The lowest BCUT2D eigenvalue weighted by Gasteiger charge is -2.07. The van der Waals surface area contributed by atoms with Gasteiger partial charge in [-0.3, -0.25) is 10.1 Å². The van der Waals surface area contributed by atoms with Crippen LogP contribution in [0.5, 0.6) is 0 Å². The predicted octanol–water partition coefficient (Wildman–Crippen LogP) is 2.19. The zero-order valence-electron chi connectivity index (χ0n) is 7.07. The molecule has 0 amide bonds. The van der Waals surface area contributed by atoms with Crippen LogP contribution in [0.2, 0.25) is 4.34 Å². The fourth-order valence-corrected chi connectivity index (χ4v) is 3.73. The molecule has 3 nitrogen and oxygen atoms in total. The highest BCUT2D eigenvalue weighted by atomic mass is 35.5. The number of carboxylic acid groups (broad SMARTS) is 1. The first-order valence-corrected chi connectivity index (χ1v) is 6.27. The van der Waals surface area contributed by atoms with E-state index in [-0.39, 0.29) is 5.37 Å². The normalized spacial score (nSPS) is 26.6. The van der Waals surface area contributed by atoms with E-state index in [0.717, 1.165) is 9.21 Å². The maximum atomic E-state index is 10.7. The highest BCUT2D eigenvalue weighted by Crippen LogP contribution is 2.37. The van der Waals surface area contributed by atoms with E-state index in [1.165, 1.54) is 11.3 Å². The molecule has 2 heterocycles. The summed E-state index contributed by atoms with van der Waals surface area (Å²) in [5.41, 5.74) is 0. The average Bonchev–Trinajstić information content (AvgIpc) is 2.70. The Morgan fingerprint density at radius 2 is 2.43 bits per heavy atom. The molecule has 1 aromatic heterocycles. The highest BCUT2D eigenvalue weighted by Gasteiger charge is 2.30. The Bertz CT molecular complexity index is 355. The van der Waals surface area contributed by atoms with E-state index in [2.05, 4.69) is 5.32 Å². The van der Waals surface area contributed by atoms with E-state index < -0.39 is 12.0 Å². The first kappa shape index (κ1) is 10.3. The molecule has 1 aromatic rings. The summed E-state index contributed by atoms with van der Waals surface area (Å²) in [7, 11) is 0. The number of carboxylic acids is 1. The number of carbonyl (C=O) groups is 1. The molecule has 0 aromatic carbocycles. The highest BCUT2D eigenvalue weighted by molar-refractivity contribution is 7.99. The van der Waals surface area contributed by atoms with Gasteiger partial charge in [-0.15, -0.1) is 23.1 Å². The lowest BCUT2D eigenvalue weighted by Crippen LogP contribution is -2.33. The van der Waals surface area contributed by atoms with Crippen molar-refractivity contribution >= 4 is 40.7 Å². The van der Waals surface area contributed by atoms with Crippen molar-refractivity contribution in [2.75, 3.05) is 5.75 Å². The molecular weight excluding hydrogens is 242 g/mol. The maximum Gasteiger partial charge on any atom is 0.321 e. The van der Waals surface area contributed by atoms with E-state index in [1.807, 2.05) is 12.1 Å². The quantitative estimate of drug-likeness (QED) is 0.844. The topological polar surface area (TPSA) is 49.3 Å². The Morgan fingerprint density at radius 1 is 1.64 bits per heavy atom. The Labute approximate surface area is 94.5 Å². The van der Waals surface area contributed by atoms with Crippen molar-refractivity contribution in [3.8, 4) is 0 Å². The number of halogens is 1. The van der Waals surface area contributed by atoms with Crippen LogP contribution in [0.25, 0.3) is 0 Å². The number of aliphatic carboxylic acids is 1. The number of hydrogen-bond donors (Lipinski definition) is 2. The number of nitrogens with one attached hydrogen (secondary N) is 1. The molecule has 6 heteroatoms. The summed E-state index contributed by atoms with van der Waals surface area (Å²) in [6.45, 7) is 0. The van der Waals surface area contributed by atoms with Crippen LogP contribution in [0.15, 0.2) is 12.1 Å². The predicted molar refractivity (Wildman–Crippen MR) is 59.1 cm³/mol. The molecular formula is C8H8ClNO2S2. The molecule has 1 saturated heterocycles. The minimum atomic E-state index is -0.789. The minimum Gasteiger partial charge on any atom is -0.480 e. The van der Waals surface area contributed by atoms with Crippen LogP contribution in [0, 0.1) is 0 Å². The lowest BCUT2D eigenvalue weighted by molar-refractivity contribution is -0.138. The fourth-order valence-electron chi connectivity index (χ4n) is 1.25. The largest absolute Gasteiger partial charge is 0.480 e. The van der Waals surface area contributed by atoms with Crippen molar-refractivity contribution in [3.63, 3.8) is 0 Å². The van der Waals surface area contributed by atoms with Gasteiger partial charge in [-0.2, -0.15) is 0 Å². The van der Waals surface area contributed by atoms with Gasteiger partial charge in [0.25, 0.3) is 0 Å². The van der Waals surface area contributed by atoms with Gasteiger partial charge >= 0.3 is 5.97 Å². The van der Waals surface area contributed by atoms with Gasteiger partial charge in [-0.25, -0.2) is 0 Å². The van der Waals surface area contributed by atoms with Crippen LogP contribution < -0.4 is 5.32 Å². The van der Waals surface area contributed by atoms with E-state index >= 15 is 0 Å². The van der Waals surface area contributed by atoms with Crippen molar-refractivity contribution in [1.82, 2.24) is 5.32 Å². The lowest BCUT2D eigenvalue weighted by atomic mass is 10.3. The Kier molecular flexibility index (Phi) is 3.02. The summed E-state index contributed by atoms with van der Waals surface area (Å²) in [6.07, 6.45) is 0. The van der Waals surface area contributed by atoms with Crippen LogP contribution >= 0.6 is 34.7 Å². The average molecular weight is 250 g/mol. The third kappa shape index (κ3) is 2.06. The molecule has 14 heavy (non-hydrogen) atoms. The molecule has 0 radical (unpaired) electrons. The fraction of sp³-hybridized carbons (Fsp3) is 0.375. The summed E-state index contributed by atoms with van der Waals surface area (Å²) >= 11 is 8.90. The second-order valence-electron chi connectivity index (χ2n) is 2.91. The van der Waals surface area contributed by atoms with E-state index in [4.69, 9.17) is 16.7 Å². The van der Waals surface area contributed by atoms with Gasteiger partial charge in [0.1, 0.15) is 6.04 Å². The van der Waals surface area contributed by atoms with Gasteiger partial charge in [0.2, 0.25) is 0 Å². The Morgan fingerprint density at radius 3 is 2.93 bits per heavy atom. The Hall–Kier alpha value is -0.230.